The lowest BCUT2D eigenvalue weighted by molar-refractivity contribution is -0.138. The number of halogens is 1. The Labute approximate surface area is 120 Å². The standard InChI is InChI=1S/C13H17FN2O3S/c1-8-4-9(2-3-10(8)14)5-16-12(17)7-20-6-11(15)13(18)19/h2-4,11H,5-7,15H2,1H3,(H,16,17)(H,18,19). The Morgan fingerprint density at radius 3 is 2.80 bits per heavy atom. The van der Waals surface area contributed by atoms with E-state index < -0.39 is 12.0 Å². The number of carboxylic acids is 1. The third-order valence-corrected chi connectivity index (χ3v) is 3.62. The Morgan fingerprint density at radius 2 is 2.20 bits per heavy atom. The van der Waals surface area contributed by atoms with Crippen LogP contribution in [0.3, 0.4) is 0 Å². The summed E-state index contributed by atoms with van der Waals surface area (Å²) in [6, 6.07) is 3.67. The van der Waals surface area contributed by atoms with Gasteiger partial charge in [-0.25, -0.2) is 4.39 Å². The van der Waals surface area contributed by atoms with Crippen LogP contribution >= 0.6 is 11.8 Å². The third kappa shape index (κ3) is 5.58. The van der Waals surface area contributed by atoms with Crippen molar-refractivity contribution in [3.8, 4) is 0 Å². The van der Waals surface area contributed by atoms with Gasteiger partial charge >= 0.3 is 5.97 Å². The van der Waals surface area contributed by atoms with Crippen molar-refractivity contribution in [2.75, 3.05) is 11.5 Å². The lowest BCUT2D eigenvalue weighted by Crippen LogP contribution is -2.33. The molecule has 1 amide bonds. The summed E-state index contributed by atoms with van der Waals surface area (Å²) in [5.41, 5.74) is 6.65. The van der Waals surface area contributed by atoms with E-state index in [4.69, 9.17) is 10.8 Å². The fourth-order valence-electron chi connectivity index (χ4n) is 1.42. The van der Waals surface area contributed by atoms with Gasteiger partial charge in [0, 0.05) is 12.3 Å². The number of carboxylic acid groups (broad SMARTS) is 1. The number of amides is 1. The van der Waals surface area contributed by atoms with E-state index in [1.165, 1.54) is 6.07 Å². The summed E-state index contributed by atoms with van der Waals surface area (Å²) in [5, 5.41) is 11.3. The molecule has 20 heavy (non-hydrogen) atoms. The minimum absolute atomic E-state index is 0.140. The number of benzene rings is 1. The predicted molar refractivity (Wildman–Crippen MR) is 75.9 cm³/mol. The Bertz CT molecular complexity index is 497. The summed E-state index contributed by atoms with van der Waals surface area (Å²) < 4.78 is 13.1. The van der Waals surface area contributed by atoms with E-state index in [1.807, 2.05) is 0 Å². The van der Waals surface area contributed by atoms with E-state index >= 15 is 0 Å². The van der Waals surface area contributed by atoms with Crippen LogP contribution in [0.5, 0.6) is 0 Å². The molecule has 7 heteroatoms. The molecule has 0 heterocycles. The molecule has 110 valence electrons. The molecule has 0 aliphatic carbocycles. The van der Waals surface area contributed by atoms with Crippen molar-refractivity contribution in [1.82, 2.24) is 5.32 Å². The molecule has 5 nitrogen and oxygen atoms in total. The lowest BCUT2D eigenvalue weighted by atomic mass is 10.1. The highest BCUT2D eigenvalue weighted by Gasteiger charge is 2.12. The highest BCUT2D eigenvalue weighted by atomic mass is 32.2. The first-order valence-corrected chi connectivity index (χ1v) is 7.13. The fraction of sp³-hybridized carbons (Fsp3) is 0.385. The first-order chi connectivity index (χ1) is 9.40. The van der Waals surface area contributed by atoms with Crippen molar-refractivity contribution in [2.45, 2.75) is 19.5 Å². The number of aliphatic carboxylic acids is 1. The second kappa shape index (κ2) is 7.86. The lowest BCUT2D eigenvalue weighted by Gasteiger charge is -2.08. The molecule has 0 radical (unpaired) electrons. The van der Waals surface area contributed by atoms with Gasteiger partial charge in [0.25, 0.3) is 0 Å². The molecule has 1 aromatic carbocycles. The Hall–Kier alpha value is -1.60. The summed E-state index contributed by atoms with van der Waals surface area (Å²) in [5.74, 6) is -1.26. The van der Waals surface area contributed by atoms with Crippen molar-refractivity contribution in [3.05, 3.63) is 35.1 Å². The third-order valence-electron chi connectivity index (χ3n) is 2.56. The van der Waals surface area contributed by atoms with Gasteiger partial charge in [0.15, 0.2) is 0 Å². The van der Waals surface area contributed by atoms with E-state index in [0.717, 1.165) is 17.3 Å². The van der Waals surface area contributed by atoms with Crippen molar-refractivity contribution in [2.24, 2.45) is 5.73 Å². The molecule has 4 N–H and O–H groups in total. The fourth-order valence-corrected chi connectivity index (χ4v) is 2.22. The van der Waals surface area contributed by atoms with Crippen LogP contribution in [0.25, 0.3) is 0 Å². The number of carbonyl (C=O) groups excluding carboxylic acids is 1. The van der Waals surface area contributed by atoms with Crippen molar-refractivity contribution in [1.29, 1.82) is 0 Å². The van der Waals surface area contributed by atoms with E-state index in [0.29, 0.717) is 12.1 Å². The van der Waals surface area contributed by atoms with Gasteiger partial charge in [-0.05, 0) is 24.1 Å². The average molecular weight is 300 g/mol. The van der Waals surface area contributed by atoms with Crippen molar-refractivity contribution in [3.63, 3.8) is 0 Å². The normalized spacial score (nSPS) is 11.9. The van der Waals surface area contributed by atoms with Gasteiger partial charge in [-0.15, -0.1) is 11.8 Å². The summed E-state index contributed by atoms with van der Waals surface area (Å²) in [6.45, 7) is 1.97. The van der Waals surface area contributed by atoms with Gasteiger partial charge in [0.1, 0.15) is 11.9 Å². The summed E-state index contributed by atoms with van der Waals surface area (Å²) in [4.78, 5) is 22.0. The van der Waals surface area contributed by atoms with Crippen LogP contribution < -0.4 is 11.1 Å². The minimum atomic E-state index is -1.08. The van der Waals surface area contributed by atoms with E-state index in [1.54, 1.807) is 19.1 Å². The van der Waals surface area contributed by atoms with Crippen LogP contribution in [0.1, 0.15) is 11.1 Å². The molecule has 0 aromatic heterocycles. The SMILES string of the molecule is Cc1cc(CNC(=O)CSCC(N)C(=O)O)ccc1F. The molecule has 1 aromatic rings. The number of thioether (sulfide) groups is 1. The van der Waals surface area contributed by atoms with Crippen LogP contribution in [0.2, 0.25) is 0 Å². The number of aryl methyl sites for hydroxylation is 1. The van der Waals surface area contributed by atoms with Gasteiger partial charge in [-0.1, -0.05) is 12.1 Å². The highest BCUT2D eigenvalue weighted by molar-refractivity contribution is 8.00. The molecule has 0 saturated carbocycles. The van der Waals surface area contributed by atoms with Crippen LogP contribution in [0, 0.1) is 12.7 Å². The number of hydrogen-bond donors (Lipinski definition) is 3. The zero-order valence-corrected chi connectivity index (χ0v) is 11.9. The van der Waals surface area contributed by atoms with Crippen LogP contribution in [-0.2, 0) is 16.1 Å². The van der Waals surface area contributed by atoms with Crippen LogP contribution in [-0.4, -0.2) is 34.5 Å². The number of hydrogen-bond acceptors (Lipinski definition) is 4. The molecule has 0 fully saturated rings. The summed E-state index contributed by atoms with van der Waals surface area (Å²) >= 11 is 1.16. The molecular formula is C13H17FN2O3S. The maximum absolute atomic E-state index is 13.1. The van der Waals surface area contributed by atoms with Crippen molar-refractivity contribution >= 4 is 23.6 Å². The largest absolute Gasteiger partial charge is 0.480 e. The topological polar surface area (TPSA) is 92.4 Å². The Kier molecular flexibility index (Phi) is 6.47. The average Bonchev–Trinajstić information content (AvgIpc) is 2.40. The Balaban J connectivity index is 2.29. The number of nitrogens with one attached hydrogen (secondary N) is 1. The molecule has 1 atom stereocenters. The second-order valence-electron chi connectivity index (χ2n) is 4.32. The highest BCUT2D eigenvalue weighted by Crippen LogP contribution is 2.09. The van der Waals surface area contributed by atoms with Gasteiger partial charge in [0.05, 0.1) is 5.75 Å². The number of rotatable bonds is 7. The molecule has 1 unspecified atom stereocenters. The van der Waals surface area contributed by atoms with Gasteiger partial charge in [-0.3, -0.25) is 9.59 Å². The zero-order valence-electron chi connectivity index (χ0n) is 11.1. The van der Waals surface area contributed by atoms with E-state index in [9.17, 15) is 14.0 Å². The summed E-state index contributed by atoms with van der Waals surface area (Å²) in [7, 11) is 0. The molecule has 0 spiro atoms. The van der Waals surface area contributed by atoms with Crippen LogP contribution in [0.15, 0.2) is 18.2 Å². The first kappa shape index (κ1) is 16.5. The first-order valence-electron chi connectivity index (χ1n) is 5.98. The molecule has 0 aliphatic heterocycles. The molecule has 1 rings (SSSR count). The number of nitrogens with two attached hydrogens (primary N) is 1. The second-order valence-corrected chi connectivity index (χ2v) is 5.35. The number of carbonyl (C=O) groups is 2. The van der Waals surface area contributed by atoms with E-state index in [2.05, 4.69) is 5.32 Å². The smallest absolute Gasteiger partial charge is 0.321 e. The maximum Gasteiger partial charge on any atom is 0.321 e. The minimum Gasteiger partial charge on any atom is -0.480 e. The summed E-state index contributed by atoms with van der Waals surface area (Å²) in [6.07, 6.45) is 0. The van der Waals surface area contributed by atoms with Gasteiger partial charge in [-0.2, -0.15) is 0 Å². The van der Waals surface area contributed by atoms with Gasteiger partial charge < -0.3 is 16.2 Å². The molecule has 0 bridgehead atoms. The van der Waals surface area contributed by atoms with E-state index in [-0.39, 0.29) is 23.2 Å². The predicted octanol–water partition coefficient (Wildman–Crippen LogP) is 0.895. The quantitative estimate of drug-likeness (QED) is 0.695. The van der Waals surface area contributed by atoms with Gasteiger partial charge in [0.2, 0.25) is 5.91 Å². The van der Waals surface area contributed by atoms with Crippen molar-refractivity contribution < 1.29 is 19.1 Å². The Morgan fingerprint density at radius 1 is 1.50 bits per heavy atom. The van der Waals surface area contributed by atoms with Crippen LogP contribution in [0.4, 0.5) is 4.39 Å². The molecular weight excluding hydrogens is 283 g/mol. The maximum atomic E-state index is 13.1. The molecule has 0 aliphatic rings. The monoisotopic (exact) mass is 300 g/mol. The molecule has 0 saturated heterocycles. The zero-order chi connectivity index (χ0) is 15.1.